The van der Waals surface area contributed by atoms with Gasteiger partial charge in [0.15, 0.2) is 11.5 Å². The molecule has 5 nitrogen and oxygen atoms in total. The van der Waals surface area contributed by atoms with Crippen molar-refractivity contribution in [3.8, 4) is 17.6 Å². The van der Waals surface area contributed by atoms with E-state index in [4.69, 9.17) is 21.1 Å². The van der Waals surface area contributed by atoms with Crippen molar-refractivity contribution in [3.05, 3.63) is 92.4 Å². The minimum Gasteiger partial charge on any atom is -0.493 e. The predicted molar refractivity (Wildman–Crippen MR) is 135 cm³/mol. The Bertz CT molecular complexity index is 1220. The molecule has 3 rings (SSSR count). The molecular formula is C26H22BrClN2O3. The fourth-order valence-electron chi connectivity index (χ4n) is 3.03. The third kappa shape index (κ3) is 6.38. The quantitative estimate of drug-likeness (QED) is 0.259. The van der Waals surface area contributed by atoms with Gasteiger partial charge >= 0.3 is 0 Å². The topological polar surface area (TPSA) is 71.4 Å². The fraction of sp³-hybridized carbons (Fsp3) is 0.154. The summed E-state index contributed by atoms with van der Waals surface area (Å²) in [5.74, 6) is 0.469. The van der Waals surface area contributed by atoms with Gasteiger partial charge in [0.2, 0.25) is 0 Å². The molecule has 0 aromatic heterocycles. The van der Waals surface area contributed by atoms with E-state index in [-0.39, 0.29) is 12.2 Å². The molecule has 0 atom stereocenters. The summed E-state index contributed by atoms with van der Waals surface area (Å²) in [6.07, 6.45) is 2.41. The average molecular weight is 526 g/mol. The first-order valence-corrected chi connectivity index (χ1v) is 11.4. The zero-order chi connectivity index (χ0) is 23.8. The van der Waals surface area contributed by atoms with Crippen LogP contribution in [0.4, 0.5) is 5.69 Å². The van der Waals surface area contributed by atoms with Gasteiger partial charge in [0.05, 0.1) is 7.11 Å². The highest BCUT2D eigenvalue weighted by atomic mass is 79.9. The molecule has 0 spiro atoms. The molecule has 3 aromatic rings. The Morgan fingerprint density at radius 2 is 1.88 bits per heavy atom. The van der Waals surface area contributed by atoms with Gasteiger partial charge in [-0.25, -0.2) is 0 Å². The molecule has 0 bridgehead atoms. The lowest BCUT2D eigenvalue weighted by Gasteiger charge is -2.14. The summed E-state index contributed by atoms with van der Waals surface area (Å²) < 4.78 is 12.0. The lowest BCUT2D eigenvalue weighted by molar-refractivity contribution is -0.112. The Morgan fingerprint density at radius 3 is 2.52 bits per heavy atom. The van der Waals surface area contributed by atoms with Gasteiger partial charge in [-0.3, -0.25) is 4.79 Å². The Kier molecular flexibility index (Phi) is 8.53. The van der Waals surface area contributed by atoms with Gasteiger partial charge in [0.25, 0.3) is 5.91 Å². The van der Waals surface area contributed by atoms with Crippen molar-refractivity contribution in [1.82, 2.24) is 0 Å². The van der Waals surface area contributed by atoms with Crippen molar-refractivity contribution >= 4 is 45.2 Å². The summed E-state index contributed by atoms with van der Waals surface area (Å²) in [6.45, 7) is 2.32. The summed E-state index contributed by atoms with van der Waals surface area (Å²) >= 11 is 9.69. The van der Waals surface area contributed by atoms with Crippen LogP contribution in [0, 0.1) is 11.3 Å². The Balaban J connectivity index is 1.81. The first-order valence-electron chi connectivity index (χ1n) is 10.2. The molecule has 0 fully saturated rings. The van der Waals surface area contributed by atoms with Gasteiger partial charge in [-0.1, -0.05) is 64.8 Å². The lowest BCUT2D eigenvalue weighted by Crippen LogP contribution is -2.13. The first-order chi connectivity index (χ1) is 15.9. The first kappa shape index (κ1) is 24.4. The van der Waals surface area contributed by atoms with Gasteiger partial charge in [0.1, 0.15) is 18.2 Å². The second kappa shape index (κ2) is 11.6. The number of rotatable bonds is 8. The van der Waals surface area contributed by atoms with Crippen LogP contribution in [0.2, 0.25) is 5.02 Å². The second-order valence-electron chi connectivity index (χ2n) is 7.08. The molecule has 0 radical (unpaired) electrons. The molecule has 1 amide bonds. The predicted octanol–water partition coefficient (Wildman–Crippen LogP) is 6.80. The van der Waals surface area contributed by atoms with E-state index in [9.17, 15) is 10.1 Å². The van der Waals surface area contributed by atoms with Crippen molar-refractivity contribution in [3.63, 3.8) is 0 Å². The van der Waals surface area contributed by atoms with Crippen molar-refractivity contribution in [2.45, 2.75) is 20.0 Å². The van der Waals surface area contributed by atoms with E-state index >= 15 is 0 Å². The van der Waals surface area contributed by atoms with Gasteiger partial charge in [0, 0.05) is 20.7 Å². The minimum absolute atomic E-state index is 0.0398. The highest BCUT2D eigenvalue weighted by Crippen LogP contribution is 2.35. The summed E-state index contributed by atoms with van der Waals surface area (Å²) in [5.41, 5.74) is 3.19. The zero-order valence-corrected chi connectivity index (χ0v) is 20.5. The average Bonchev–Trinajstić information content (AvgIpc) is 2.83. The maximum Gasteiger partial charge on any atom is 0.266 e. The van der Waals surface area contributed by atoms with Crippen LogP contribution >= 0.6 is 27.5 Å². The van der Waals surface area contributed by atoms with Crippen molar-refractivity contribution in [2.75, 3.05) is 12.4 Å². The van der Waals surface area contributed by atoms with Crippen LogP contribution in [0.5, 0.6) is 11.5 Å². The summed E-state index contributed by atoms with van der Waals surface area (Å²) in [6, 6.07) is 20.3. The van der Waals surface area contributed by atoms with Gasteiger partial charge in [-0.15, -0.1) is 0 Å². The Labute approximate surface area is 206 Å². The number of carbonyl (C=O) groups excluding carboxylic acids is 1. The number of methoxy groups -OCH3 is 1. The molecule has 0 heterocycles. The van der Waals surface area contributed by atoms with Gasteiger partial charge in [-0.05, 0) is 54.0 Å². The zero-order valence-electron chi connectivity index (χ0n) is 18.2. The molecule has 0 unspecified atom stereocenters. The molecule has 1 N–H and O–H groups in total. The Hall–Kier alpha value is -3.27. The van der Waals surface area contributed by atoms with E-state index in [2.05, 4.69) is 28.2 Å². The molecule has 168 valence electrons. The lowest BCUT2D eigenvalue weighted by atomic mass is 10.1. The number of halogens is 2. The van der Waals surface area contributed by atoms with E-state index in [1.54, 1.807) is 18.2 Å². The number of aryl methyl sites for hydroxylation is 1. The third-order valence-corrected chi connectivity index (χ3v) is 5.96. The summed E-state index contributed by atoms with van der Waals surface area (Å²) in [4.78, 5) is 12.6. The molecule has 0 saturated carbocycles. The number of ether oxygens (including phenoxy) is 2. The standard InChI is InChI=1S/C26H22BrClN2O3/c1-3-17-8-10-21(11-9-17)30-26(31)20(15-29)12-19-13-24(32-2)25(14-22(19)27)33-16-18-6-4-5-7-23(18)28/h4-14H,3,16H2,1-2H3,(H,30,31)/b20-12+. The summed E-state index contributed by atoms with van der Waals surface area (Å²) in [7, 11) is 1.52. The van der Waals surface area contributed by atoms with Crippen molar-refractivity contribution in [2.24, 2.45) is 0 Å². The maximum absolute atomic E-state index is 12.6. The molecule has 7 heteroatoms. The maximum atomic E-state index is 12.6. The number of amides is 1. The Morgan fingerprint density at radius 1 is 1.15 bits per heavy atom. The number of hydrogen-bond acceptors (Lipinski definition) is 4. The highest BCUT2D eigenvalue weighted by Gasteiger charge is 2.14. The van der Waals surface area contributed by atoms with E-state index in [0.29, 0.717) is 32.2 Å². The van der Waals surface area contributed by atoms with E-state index in [0.717, 1.165) is 17.5 Å². The number of benzene rings is 3. The van der Waals surface area contributed by atoms with Crippen molar-refractivity contribution < 1.29 is 14.3 Å². The smallest absolute Gasteiger partial charge is 0.266 e. The summed E-state index contributed by atoms with van der Waals surface area (Å²) in [5, 5.41) is 12.9. The van der Waals surface area contributed by atoms with Gasteiger partial charge in [-0.2, -0.15) is 5.26 Å². The van der Waals surface area contributed by atoms with Crippen LogP contribution in [0.25, 0.3) is 6.08 Å². The van der Waals surface area contributed by atoms with Crippen LogP contribution < -0.4 is 14.8 Å². The van der Waals surface area contributed by atoms with E-state index < -0.39 is 5.91 Å². The van der Waals surface area contributed by atoms with Crippen LogP contribution in [0.3, 0.4) is 0 Å². The molecule has 0 aliphatic carbocycles. The highest BCUT2D eigenvalue weighted by molar-refractivity contribution is 9.10. The molecule has 0 aliphatic rings. The van der Waals surface area contributed by atoms with Crippen LogP contribution in [-0.4, -0.2) is 13.0 Å². The second-order valence-corrected chi connectivity index (χ2v) is 8.34. The molecule has 33 heavy (non-hydrogen) atoms. The number of hydrogen-bond donors (Lipinski definition) is 1. The minimum atomic E-state index is -0.494. The number of nitriles is 1. The number of carbonyl (C=O) groups is 1. The molecule has 3 aromatic carbocycles. The van der Waals surface area contributed by atoms with E-state index in [1.165, 1.54) is 13.2 Å². The SMILES string of the molecule is CCc1ccc(NC(=O)/C(C#N)=C/c2cc(OC)c(OCc3ccccc3Cl)cc2Br)cc1. The van der Waals surface area contributed by atoms with E-state index in [1.807, 2.05) is 48.5 Å². The fourth-order valence-corrected chi connectivity index (χ4v) is 3.66. The van der Waals surface area contributed by atoms with Crippen molar-refractivity contribution in [1.29, 1.82) is 5.26 Å². The van der Waals surface area contributed by atoms with Crippen LogP contribution in [0.1, 0.15) is 23.6 Å². The monoisotopic (exact) mass is 524 g/mol. The van der Waals surface area contributed by atoms with Gasteiger partial charge < -0.3 is 14.8 Å². The third-order valence-electron chi connectivity index (χ3n) is 4.91. The number of anilines is 1. The largest absolute Gasteiger partial charge is 0.493 e. The number of nitrogens with zero attached hydrogens (tertiary/aromatic N) is 1. The molecule has 0 saturated heterocycles. The normalized spacial score (nSPS) is 10.9. The van der Waals surface area contributed by atoms with Crippen LogP contribution in [-0.2, 0) is 17.8 Å². The van der Waals surface area contributed by atoms with Crippen LogP contribution in [0.15, 0.2) is 70.7 Å². The molecular weight excluding hydrogens is 504 g/mol. The molecule has 0 aliphatic heterocycles. The number of nitrogens with one attached hydrogen (secondary N) is 1.